The number of hydrogen-bond acceptors (Lipinski definition) is 5. The van der Waals surface area contributed by atoms with Gasteiger partial charge < -0.3 is 10.0 Å². The molecule has 0 spiro atoms. The summed E-state index contributed by atoms with van der Waals surface area (Å²) in [4.78, 5) is 11.0. The summed E-state index contributed by atoms with van der Waals surface area (Å²) >= 11 is 0. The Labute approximate surface area is 161 Å². The lowest BCUT2D eigenvalue weighted by Gasteiger charge is -2.38. The zero-order chi connectivity index (χ0) is 19.8. The Kier molecular flexibility index (Phi) is 5.10. The molecular formula is C22H28N4O. The number of fused-ring (bicyclic) bond motifs is 1. The standard InChI is InChI=1S/C22H28N4O/c1-14(24-4)19-20(25-5)16-9-10-18(27)21(17(16)13-22(19,2)3)26(12-6-11-23)15-7-8-15/h9-10,15,27H,5-8,12-13H2,1-4H3. The van der Waals surface area contributed by atoms with Crippen molar-refractivity contribution < 1.29 is 5.11 Å². The van der Waals surface area contributed by atoms with E-state index in [1.807, 2.05) is 13.0 Å². The normalized spacial score (nSPS) is 18.7. The number of aromatic hydroxyl groups is 1. The molecule has 0 aromatic heterocycles. The first kappa shape index (κ1) is 19.2. The van der Waals surface area contributed by atoms with Crippen LogP contribution in [0, 0.1) is 16.7 Å². The summed E-state index contributed by atoms with van der Waals surface area (Å²) in [5.74, 6) is 0.280. The van der Waals surface area contributed by atoms with E-state index in [4.69, 9.17) is 5.26 Å². The monoisotopic (exact) mass is 364 g/mol. The van der Waals surface area contributed by atoms with Crippen LogP contribution in [0.2, 0.25) is 0 Å². The summed E-state index contributed by atoms with van der Waals surface area (Å²) in [5.41, 5.74) is 5.72. The highest BCUT2D eigenvalue weighted by Crippen LogP contribution is 2.50. The molecule has 1 N–H and O–H groups in total. The molecule has 142 valence electrons. The van der Waals surface area contributed by atoms with Gasteiger partial charge in [-0.25, -0.2) is 0 Å². The maximum Gasteiger partial charge on any atom is 0.139 e. The van der Waals surface area contributed by atoms with E-state index in [0.29, 0.717) is 19.0 Å². The maximum absolute atomic E-state index is 10.8. The summed E-state index contributed by atoms with van der Waals surface area (Å²) in [5, 5.41) is 19.8. The number of nitrogens with zero attached hydrogens (tertiary/aromatic N) is 4. The minimum atomic E-state index is -0.180. The molecule has 5 heteroatoms. The van der Waals surface area contributed by atoms with Crippen LogP contribution in [-0.4, -0.2) is 37.2 Å². The van der Waals surface area contributed by atoms with Crippen LogP contribution in [-0.2, 0) is 6.42 Å². The highest BCUT2D eigenvalue weighted by Gasteiger charge is 2.39. The van der Waals surface area contributed by atoms with Crippen molar-refractivity contribution in [2.45, 2.75) is 52.5 Å². The molecular weight excluding hydrogens is 336 g/mol. The van der Waals surface area contributed by atoms with Gasteiger partial charge in [0.05, 0.1) is 23.9 Å². The van der Waals surface area contributed by atoms with Crippen molar-refractivity contribution in [2.75, 3.05) is 18.5 Å². The molecule has 0 heterocycles. The van der Waals surface area contributed by atoms with Crippen LogP contribution < -0.4 is 4.90 Å². The summed E-state index contributed by atoms with van der Waals surface area (Å²) < 4.78 is 0. The molecule has 1 saturated carbocycles. The van der Waals surface area contributed by atoms with Gasteiger partial charge in [-0.1, -0.05) is 13.8 Å². The third-order valence-electron chi connectivity index (χ3n) is 5.64. The highest BCUT2D eigenvalue weighted by molar-refractivity contribution is 6.07. The lowest BCUT2D eigenvalue weighted by atomic mass is 9.69. The predicted molar refractivity (Wildman–Crippen MR) is 112 cm³/mol. The number of phenolic OH excluding ortho intramolecular Hbond substituents is 1. The highest BCUT2D eigenvalue weighted by atomic mass is 16.3. The van der Waals surface area contributed by atoms with Gasteiger partial charge >= 0.3 is 0 Å². The van der Waals surface area contributed by atoms with E-state index in [9.17, 15) is 5.11 Å². The second kappa shape index (κ2) is 7.19. The Morgan fingerprint density at radius 2 is 2.11 bits per heavy atom. The van der Waals surface area contributed by atoms with E-state index in [-0.39, 0.29) is 11.2 Å². The Balaban J connectivity index is 2.24. The average Bonchev–Trinajstić information content (AvgIpc) is 3.46. The summed E-state index contributed by atoms with van der Waals surface area (Å²) in [6, 6.07) is 6.33. The van der Waals surface area contributed by atoms with Gasteiger partial charge in [0, 0.05) is 36.5 Å². The molecule has 3 rings (SSSR count). The molecule has 0 amide bonds. The van der Waals surface area contributed by atoms with Crippen LogP contribution in [0.25, 0.3) is 5.70 Å². The smallest absolute Gasteiger partial charge is 0.139 e. The molecule has 27 heavy (non-hydrogen) atoms. The van der Waals surface area contributed by atoms with Gasteiger partial charge in [-0.2, -0.15) is 5.26 Å². The molecule has 0 atom stereocenters. The molecule has 0 saturated heterocycles. The van der Waals surface area contributed by atoms with E-state index in [2.05, 4.69) is 41.5 Å². The largest absolute Gasteiger partial charge is 0.506 e. The fourth-order valence-corrected chi connectivity index (χ4v) is 4.30. The second-order valence-electron chi connectivity index (χ2n) is 8.04. The van der Waals surface area contributed by atoms with E-state index < -0.39 is 0 Å². The molecule has 1 aromatic rings. The molecule has 0 radical (unpaired) electrons. The maximum atomic E-state index is 10.8. The number of anilines is 1. The quantitative estimate of drug-likeness (QED) is 0.762. The summed E-state index contributed by atoms with van der Waals surface area (Å²) in [7, 11) is 1.80. The SMILES string of the molecule is C=NC1=C(C(C)=NC)C(C)(C)Cc2c1ccc(O)c2N(CCC#N)C1CC1. The van der Waals surface area contributed by atoms with Gasteiger partial charge in [0.15, 0.2) is 0 Å². The van der Waals surface area contributed by atoms with Crippen molar-refractivity contribution in [2.24, 2.45) is 15.4 Å². The fraction of sp³-hybridized carbons (Fsp3) is 0.500. The summed E-state index contributed by atoms with van der Waals surface area (Å²) in [6.45, 7) is 10.9. The van der Waals surface area contributed by atoms with Crippen LogP contribution >= 0.6 is 0 Å². The topological polar surface area (TPSA) is 72.0 Å². The van der Waals surface area contributed by atoms with Gasteiger partial charge in [0.2, 0.25) is 0 Å². The number of benzene rings is 1. The molecule has 1 aromatic carbocycles. The Morgan fingerprint density at radius 1 is 1.41 bits per heavy atom. The van der Waals surface area contributed by atoms with Crippen molar-refractivity contribution >= 4 is 23.8 Å². The summed E-state index contributed by atoms with van der Waals surface area (Å²) in [6.07, 6.45) is 3.43. The van der Waals surface area contributed by atoms with Crippen molar-refractivity contribution in [3.05, 3.63) is 28.8 Å². The molecule has 2 aliphatic carbocycles. The first-order valence-electron chi connectivity index (χ1n) is 9.49. The van der Waals surface area contributed by atoms with Crippen molar-refractivity contribution in [3.63, 3.8) is 0 Å². The number of aliphatic imine (C=N–C) groups is 2. The first-order chi connectivity index (χ1) is 12.9. The molecule has 1 fully saturated rings. The van der Waals surface area contributed by atoms with Crippen LogP contribution in [0.5, 0.6) is 5.75 Å². The number of allylic oxidation sites excluding steroid dienone is 1. The average molecular weight is 364 g/mol. The number of phenols is 1. The third kappa shape index (κ3) is 3.37. The van der Waals surface area contributed by atoms with Gasteiger partial charge in [-0.05, 0) is 56.0 Å². The number of hydrogen-bond donors (Lipinski definition) is 1. The number of nitriles is 1. The van der Waals surface area contributed by atoms with E-state index in [1.165, 1.54) is 0 Å². The Bertz CT molecular complexity index is 869. The lowest BCUT2D eigenvalue weighted by Crippen LogP contribution is -2.32. The fourth-order valence-electron chi connectivity index (χ4n) is 4.30. The van der Waals surface area contributed by atoms with Crippen LogP contribution in [0.1, 0.15) is 51.2 Å². The zero-order valence-electron chi connectivity index (χ0n) is 16.7. The van der Waals surface area contributed by atoms with Crippen molar-refractivity contribution in [1.29, 1.82) is 5.26 Å². The Hall–Kier alpha value is -2.61. The first-order valence-corrected chi connectivity index (χ1v) is 9.49. The van der Waals surface area contributed by atoms with Crippen molar-refractivity contribution in [1.82, 2.24) is 0 Å². The predicted octanol–water partition coefficient (Wildman–Crippen LogP) is 4.36. The minimum absolute atomic E-state index is 0.180. The Morgan fingerprint density at radius 3 is 2.67 bits per heavy atom. The zero-order valence-corrected chi connectivity index (χ0v) is 16.7. The van der Waals surface area contributed by atoms with Crippen molar-refractivity contribution in [3.8, 4) is 11.8 Å². The van der Waals surface area contributed by atoms with Gasteiger partial charge in [0.25, 0.3) is 0 Å². The lowest BCUT2D eigenvalue weighted by molar-refractivity contribution is 0.446. The van der Waals surface area contributed by atoms with Gasteiger partial charge in [0.1, 0.15) is 5.75 Å². The van der Waals surface area contributed by atoms with Crippen LogP contribution in [0.15, 0.2) is 27.7 Å². The number of rotatable bonds is 6. The minimum Gasteiger partial charge on any atom is -0.506 e. The second-order valence-corrected chi connectivity index (χ2v) is 8.04. The molecule has 0 bridgehead atoms. The molecule has 0 aliphatic heterocycles. The van der Waals surface area contributed by atoms with E-state index in [0.717, 1.165) is 53.1 Å². The van der Waals surface area contributed by atoms with Gasteiger partial charge in [-0.15, -0.1) is 0 Å². The van der Waals surface area contributed by atoms with Crippen LogP contribution in [0.3, 0.4) is 0 Å². The third-order valence-corrected chi connectivity index (χ3v) is 5.64. The van der Waals surface area contributed by atoms with Gasteiger partial charge in [-0.3, -0.25) is 9.98 Å². The molecule has 5 nitrogen and oxygen atoms in total. The van der Waals surface area contributed by atoms with E-state index >= 15 is 0 Å². The van der Waals surface area contributed by atoms with E-state index in [1.54, 1.807) is 13.1 Å². The molecule has 2 aliphatic rings. The molecule has 0 unspecified atom stereocenters. The van der Waals surface area contributed by atoms with Crippen LogP contribution in [0.4, 0.5) is 5.69 Å².